The van der Waals surface area contributed by atoms with Crippen LogP contribution in [0.2, 0.25) is 0 Å². The fraction of sp³-hybridized carbons (Fsp3) is 0.529. The number of ether oxygens (including phenoxy) is 1. The summed E-state index contributed by atoms with van der Waals surface area (Å²) in [6.45, 7) is 8.20. The van der Waals surface area contributed by atoms with Crippen LogP contribution in [0, 0.1) is 0 Å². The minimum absolute atomic E-state index is 0.112. The topological polar surface area (TPSA) is 75.6 Å². The zero-order chi connectivity index (χ0) is 16.8. The molecule has 0 aliphatic carbocycles. The SMILES string of the molecule is CCCCCOC(=O)Nc1cccc(C(C)(C)C)c1C(=O)O. The predicted molar refractivity (Wildman–Crippen MR) is 86.6 cm³/mol. The van der Waals surface area contributed by atoms with E-state index in [4.69, 9.17) is 4.74 Å². The first kappa shape index (κ1) is 18.0. The molecule has 0 unspecified atom stereocenters. The summed E-state index contributed by atoms with van der Waals surface area (Å²) in [6, 6.07) is 5.08. The molecule has 0 aliphatic heterocycles. The van der Waals surface area contributed by atoms with E-state index in [0.717, 1.165) is 19.3 Å². The van der Waals surface area contributed by atoms with Crippen LogP contribution in [0.25, 0.3) is 0 Å². The third kappa shape index (κ3) is 5.06. The van der Waals surface area contributed by atoms with E-state index in [1.54, 1.807) is 18.2 Å². The van der Waals surface area contributed by atoms with Gasteiger partial charge in [-0.05, 0) is 23.5 Å². The van der Waals surface area contributed by atoms with E-state index in [1.165, 1.54) is 0 Å². The third-order valence-corrected chi connectivity index (χ3v) is 3.30. The van der Waals surface area contributed by atoms with Gasteiger partial charge in [-0.25, -0.2) is 9.59 Å². The molecule has 0 fully saturated rings. The maximum atomic E-state index is 11.8. The lowest BCUT2D eigenvalue weighted by molar-refractivity contribution is 0.0695. The minimum Gasteiger partial charge on any atom is -0.478 e. The number of carbonyl (C=O) groups excluding carboxylic acids is 1. The van der Waals surface area contributed by atoms with Crippen molar-refractivity contribution in [3.05, 3.63) is 29.3 Å². The van der Waals surface area contributed by atoms with Crippen molar-refractivity contribution in [2.24, 2.45) is 0 Å². The lowest BCUT2D eigenvalue weighted by atomic mass is 9.83. The van der Waals surface area contributed by atoms with Crippen molar-refractivity contribution in [1.29, 1.82) is 0 Å². The van der Waals surface area contributed by atoms with Gasteiger partial charge in [-0.15, -0.1) is 0 Å². The number of benzene rings is 1. The first-order valence-electron chi connectivity index (χ1n) is 7.58. The van der Waals surface area contributed by atoms with Gasteiger partial charge in [0.25, 0.3) is 0 Å². The summed E-state index contributed by atoms with van der Waals surface area (Å²) in [5.41, 5.74) is 0.709. The molecular formula is C17H25NO4. The Hall–Kier alpha value is -2.04. The number of amides is 1. The van der Waals surface area contributed by atoms with E-state index in [-0.39, 0.29) is 16.7 Å². The average molecular weight is 307 g/mol. The predicted octanol–water partition coefficient (Wildman–Crippen LogP) is 4.42. The highest BCUT2D eigenvalue weighted by molar-refractivity contribution is 6.00. The monoisotopic (exact) mass is 307 g/mol. The number of carbonyl (C=O) groups is 2. The molecular weight excluding hydrogens is 282 g/mol. The summed E-state index contributed by atoms with van der Waals surface area (Å²) in [4.78, 5) is 23.4. The highest BCUT2D eigenvalue weighted by Gasteiger charge is 2.25. The van der Waals surface area contributed by atoms with Gasteiger partial charge in [-0.1, -0.05) is 52.7 Å². The Bertz CT molecular complexity index is 532. The molecule has 0 aliphatic rings. The number of nitrogens with one attached hydrogen (secondary N) is 1. The van der Waals surface area contributed by atoms with Gasteiger partial charge in [0, 0.05) is 0 Å². The van der Waals surface area contributed by atoms with E-state index in [2.05, 4.69) is 12.2 Å². The van der Waals surface area contributed by atoms with Crippen LogP contribution >= 0.6 is 0 Å². The van der Waals surface area contributed by atoms with Crippen LogP contribution < -0.4 is 5.32 Å². The van der Waals surface area contributed by atoms with E-state index in [9.17, 15) is 14.7 Å². The maximum absolute atomic E-state index is 11.8. The summed E-state index contributed by atoms with van der Waals surface area (Å²) < 4.78 is 5.07. The van der Waals surface area contributed by atoms with Crippen molar-refractivity contribution < 1.29 is 19.4 Å². The molecule has 0 heterocycles. The van der Waals surface area contributed by atoms with Crippen LogP contribution in [0.1, 0.15) is 62.9 Å². The van der Waals surface area contributed by atoms with Crippen LogP contribution in [0.15, 0.2) is 18.2 Å². The van der Waals surface area contributed by atoms with Gasteiger partial charge in [0.15, 0.2) is 0 Å². The van der Waals surface area contributed by atoms with Crippen molar-refractivity contribution in [2.45, 2.75) is 52.4 Å². The van der Waals surface area contributed by atoms with Gasteiger partial charge in [0.1, 0.15) is 0 Å². The molecule has 5 heteroatoms. The van der Waals surface area contributed by atoms with Gasteiger partial charge >= 0.3 is 12.1 Å². The van der Waals surface area contributed by atoms with Crippen molar-refractivity contribution in [1.82, 2.24) is 0 Å². The van der Waals surface area contributed by atoms with Crippen LogP contribution in [0.4, 0.5) is 10.5 Å². The summed E-state index contributed by atoms with van der Waals surface area (Å²) in [5, 5.41) is 12.0. The van der Waals surface area contributed by atoms with Gasteiger partial charge in [0.05, 0.1) is 17.9 Å². The summed E-state index contributed by atoms with van der Waals surface area (Å²) in [6.07, 6.45) is 2.22. The normalized spacial score (nSPS) is 11.1. The van der Waals surface area contributed by atoms with E-state index >= 15 is 0 Å². The van der Waals surface area contributed by atoms with Crippen LogP contribution in [-0.4, -0.2) is 23.8 Å². The molecule has 0 saturated heterocycles. The summed E-state index contributed by atoms with van der Waals surface area (Å²) >= 11 is 0. The first-order valence-corrected chi connectivity index (χ1v) is 7.58. The van der Waals surface area contributed by atoms with Crippen LogP contribution in [-0.2, 0) is 10.2 Å². The number of anilines is 1. The van der Waals surface area contributed by atoms with Crippen molar-refractivity contribution in [2.75, 3.05) is 11.9 Å². The maximum Gasteiger partial charge on any atom is 0.411 e. The number of carboxylic acids is 1. The zero-order valence-electron chi connectivity index (χ0n) is 13.7. The van der Waals surface area contributed by atoms with Crippen LogP contribution in [0.5, 0.6) is 0 Å². The third-order valence-electron chi connectivity index (χ3n) is 3.30. The average Bonchev–Trinajstić information content (AvgIpc) is 2.42. The Kier molecular flexibility index (Phi) is 6.40. The molecule has 5 nitrogen and oxygen atoms in total. The molecule has 1 aromatic rings. The lowest BCUT2D eigenvalue weighted by Crippen LogP contribution is -2.21. The molecule has 1 rings (SSSR count). The van der Waals surface area contributed by atoms with Crippen molar-refractivity contribution in [3.63, 3.8) is 0 Å². The number of aromatic carboxylic acids is 1. The molecule has 0 aromatic heterocycles. The zero-order valence-corrected chi connectivity index (χ0v) is 13.7. The smallest absolute Gasteiger partial charge is 0.411 e. The van der Waals surface area contributed by atoms with E-state index < -0.39 is 12.1 Å². The molecule has 0 spiro atoms. The Morgan fingerprint density at radius 3 is 2.45 bits per heavy atom. The second kappa shape index (κ2) is 7.82. The minimum atomic E-state index is -1.06. The Labute approximate surface area is 131 Å². The van der Waals surface area contributed by atoms with E-state index in [0.29, 0.717) is 12.2 Å². The largest absolute Gasteiger partial charge is 0.478 e. The summed E-state index contributed by atoms with van der Waals surface area (Å²) in [7, 11) is 0. The Balaban J connectivity index is 2.91. The fourth-order valence-electron chi connectivity index (χ4n) is 2.17. The highest BCUT2D eigenvalue weighted by atomic mass is 16.5. The molecule has 122 valence electrons. The van der Waals surface area contributed by atoms with Gasteiger partial charge < -0.3 is 9.84 Å². The Morgan fingerprint density at radius 2 is 1.91 bits per heavy atom. The number of hydrogen-bond donors (Lipinski definition) is 2. The van der Waals surface area contributed by atoms with Crippen LogP contribution in [0.3, 0.4) is 0 Å². The molecule has 22 heavy (non-hydrogen) atoms. The lowest BCUT2D eigenvalue weighted by Gasteiger charge is -2.23. The van der Waals surface area contributed by atoms with E-state index in [1.807, 2.05) is 20.8 Å². The molecule has 0 atom stereocenters. The Morgan fingerprint density at radius 1 is 1.23 bits per heavy atom. The highest BCUT2D eigenvalue weighted by Crippen LogP contribution is 2.30. The molecule has 0 radical (unpaired) electrons. The quantitative estimate of drug-likeness (QED) is 0.763. The van der Waals surface area contributed by atoms with Gasteiger partial charge in [-0.2, -0.15) is 0 Å². The molecule has 2 N–H and O–H groups in total. The molecule has 0 bridgehead atoms. The summed E-state index contributed by atoms with van der Waals surface area (Å²) in [5.74, 6) is -1.06. The van der Waals surface area contributed by atoms with Crippen molar-refractivity contribution in [3.8, 4) is 0 Å². The van der Waals surface area contributed by atoms with Crippen molar-refractivity contribution >= 4 is 17.7 Å². The first-order chi connectivity index (χ1) is 10.3. The molecule has 1 amide bonds. The second-order valence-corrected chi connectivity index (χ2v) is 6.25. The molecule has 1 aromatic carbocycles. The number of hydrogen-bond acceptors (Lipinski definition) is 3. The standard InChI is InChI=1S/C17H25NO4/c1-5-6-7-11-22-16(21)18-13-10-8-9-12(17(2,3)4)14(13)15(19)20/h8-10H,5-7,11H2,1-4H3,(H,18,21)(H,19,20). The second-order valence-electron chi connectivity index (χ2n) is 6.25. The fourth-order valence-corrected chi connectivity index (χ4v) is 2.17. The number of carboxylic acid groups (broad SMARTS) is 1. The number of rotatable bonds is 6. The molecule has 0 saturated carbocycles. The number of unbranched alkanes of at least 4 members (excludes halogenated alkanes) is 2. The van der Waals surface area contributed by atoms with Gasteiger partial charge in [0.2, 0.25) is 0 Å². The van der Waals surface area contributed by atoms with Gasteiger partial charge in [-0.3, -0.25) is 5.32 Å².